The van der Waals surface area contributed by atoms with E-state index in [0.29, 0.717) is 24.5 Å². The maximum atomic E-state index is 13.9. The number of anilines is 1. The molecule has 0 saturated carbocycles. The normalized spacial score (nSPS) is 17.4. The van der Waals surface area contributed by atoms with Crippen molar-refractivity contribution in [1.82, 2.24) is 14.9 Å². The molecule has 1 aromatic carbocycles. The fraction of sp³-hybridized carbons (Fsp3) is 0.238. The summed E-state index contributed by atoms with van der Waals surface area (Å²) in [6.07, 6.45) is 5.34. The zero-order chi connectivity index (χ0) is 19.3. The van der Waals surface area contributed by atoms with E-state index in [2.05, 4.69) is 20.2 Å². The van der Waals surface area contributed by atoms with Gasteiger partial charge >= 0.3 is 0 Å². The lowest BCUT2D eigenvalue weighted by Crippen LogP contribution is -2.43. The summed E-state index contributed by atoms with van der Waals surface area (Å²) in [4.78, 5) is 22.0. The molecule has 3 aromatic rings. The monoisotopic (exact) mass is 396 g/mol. The molecule has 0 aliphatic carbocycles. The quantitative estimate of drug-likeness (QED) is 0.689. The van der Waals surface area contributed by atoms with Crippen molar-refractivity contribution in [3.63, 3.8) is 0 Å². The van der Waals surface area contributed by atoms with Crippen LogP contribution >= 0.6 is 11.8 Å². The fourth-order valence-corrected chi connectivity index (χ4v) is 4.44. The van der Waals surface area contributed by atoms with Gasteiger partial charge in [-0.15, -0.1) is 11.8 Å². The first-order chi connectivity index (χ1) is 13.7. The number of hydrogen-bond donors (Lipinski definition) is 2. The largest absolute Gasteiger partial charge is 0.348 e. The van der Waals surface area contributed by atoms with Gasteiger partial charge in [-0.25, -0.2) is 4.39 Å². The van der Waals surface area contributed by atoms with E-state index in [4.69, 9.17) is 0 Å². The van der Waals surface area contributed by atoms with Crippen molar-refractivity contribution in [3.8, 4) is 11.1 Å². The van der Waals surface area contributed by atoms with Crippen molar-refractivity contribution in [1.29, 1.82) is 0 Å². The average molecular weight is 396 g/mol. The molecule has 2 aromatic heterocycles. The number of benzene rings is 1. The third kappa shape index (κ3) is 4.43. The van der Waals surface area contributed by atoms with E-state index in [0.717, 1.165) is 23.4 Å². The van der Waals surface area contributed by atoms with Gasteiger partial charge in [-0.3, -0.25) is 14.7 Å². The Balaban J connectivity index is 1.37. The van der Waals surface area contributed by atoms with Crippen LogP contribution in [0.3, 0.4) is 0 Å². The van der Waals surface area contributed by atoms with Gasteiger partial charge in [-0.2, -0.15) is 0 Å². The van der Waals surface area contributed by atoms with E-state index in [1.165, 1.54) is 6.07 Å². The minimum Gasteiger partial charge on any atom is -0.348 e. The van der Waals surface area contributed by atoms with E-state index >= 15 is 0 Å². The van der Waals surface area contributed by atoms with Crippen LogP contribution in [0.5, 0.6) is 0 Å². The number of pyridine rings is 1. The second-order valence-corrected chi connectivity index (χ2v) is 8.02. The first-order valence-corrected chi connectivity index (χ1v) is 10.2. The predicted octanol–water partition coefficient (Wildman–Crippen LogP) is 3.77. The highest BCUT2D eigenvalue weighted by Gasteiger charge is 2.27. The Hall–Kier alpha value is -2.64. The van der Waals surface area contributed by atoms with Crippen LogP contribution in [0.1, 0.15) is 5.56 Å². The van der Waals surface area contributed by atoms with Crippen molar-refractivity contribution >= 4 is 23.5 Å². The lowest BCUT2D eigenvalue weighted by Gasteiger charge is -2.31. The molecular formula is C21H21FN4OS. The number of amides is 1. The van der Waals surface area contributed by atoms with Crippen molar-refractivity contribution in [2.75, 3.05) is 24.2 Å². The summed E-state index contributed by atoms with van der Waals surface area (Å²) in [5, 5.41) is 2.78. The lowest BCUT2D eigenvalue weighted by molar-refractivity contribution is -0.116. The molecule has 4 rings (SSSR count). The van der Waals surface area contributed by atoms with E-state index in [9.17, 15) is 9.18 Å². The van der Waals surface area contributed by atoms with Crippen LogP contribution in [0, 0.1) is 5.82 Å². The van der Waals surface area contributed by atoms with Crippen LogP contribution in [-0.2, 0) is 11.3 Å². The molecule has 3 heterocycles. The molecule has 1 aliphatic heterocycles. The summed E-state index contributed by atoms with van der Waals surface area (Å²) >= 11 is 1.64. The molecule has 1 aliphatic rings. The van der Waals surface area contributed by atoms with Gasteiger partial charge in [0.15, 0.2) is 0 Å². The Labute approximate surface area is 167 Å². The van der Waals surface area contributed by atoms with E-state index < -0.39 is 0 Å². The average Bonchev–Trinajstić information content (AvgIpc) is 3.19. The van der Waals surface area contributed by atoms with E-state index in [1.807, 2.05) is 30.5 Å². The second kappa shape index (κ2) is 8.58. The van der Waals surface area contributed by atoms with Gasteiger partial charge in [0.2, 0.25) is 5.91 Å². The summed E-state index contributed by atoms with van der Waals surface area (Å²) in [7, 11) is 0. The van der Waals surface area contributed by atoms with Crippen LogP contribution in [0.15, 0.2) is 61.1 Å². The number of carbonyl (C=O) groups excluding carboxylic acids is 1. The van der Waals surface area contributed by atoms with Crippen LogP contribution < -0.4 is 5.32 Å². The molecule has 1 amide bonds. The molecule has 2 N–H and O–H groups in total. The van der Waals surface area contributed by atoms with E-state index in [1.54, 1.807) is 36.3 Å². The first kappa shape index (κ1) is 18.7. The van der Waals surface area contributed by atoms with Gasteiger partial charge in [0.25, 0.3) is 0 Å². The molecule has 1 atom stereocenters. The minimum absolute atomic E-state index is 0.0358. The molecule has 0 spiro atoms. The molecule has 1 saturated heterocycles. The zero-order valence-corrected chi connectivity index (χ0v) is 16.1. The summed E-state index contributed by atoms with van der Waals surface area (Å²) < 4.78 is 13.9. The third-order valence-corrected chi connectivity index (χ3v) is 5.93. The van der Waals surface area contributed by atoms with Crippen LogP contribution in [0.4, 0.5) is 10.2 Å². The minimum atomic E-state index is -0.197. The highest BCUT2D eigenvalue weighted by atomic mass is 32.2. The summed E-state index contributed by atoms with van der Waals surface area (Å²) in [5.41, 5.74) is 2.70. The maximum absolute atomic E-state index is 13.9. The highest BCUT2D eigenvalue weighted by Crippen LogP contribution is 2.24. The Kier molecular flexibility index (Phi) is 5.73. The molecule has 7 heteroatoms. The summed E-state index contributed by atoms with van der Waals surface area (Å²) in [5.74, 6) is 1.28. The number of hydrogen-bond acceptors (Lipinski definition) is 4. The predicted molar refractivity (Wildman–Crippen MR) is 111 cm³/mol. The molecule has 1 fully saturated rings. The molecule has 1 unspecified atom stereocenters. The Morgan fingerprint density at radius 2 is 2.07 bits per heavy atom. The Morgan fingerprint density at radius 3 is 2.89 bits per heavy atom. The molecular weight excluding hydrogens is 375 g/mol. The van der Waals surface area contributed by atoms with Gasteiger partial charge in [-0.1, -0.05) is 18.2 Å². The van der Waals surface area contributed by atoms with Crippen LogP contribution in [0.2, 0.25) is 0 Å². The third-order valence-electron chi connectivity index (χ3n) is 4.75. The van der Waals surface area contributed by atoms with Gasteiger partial charge in [-0.05, 0) is 29.8 Å². The van der Waals surface area contributed by atoms with Gasteiger partial charge in [0.05, 0.1) is 5.25 Å². The second-order valence-electron chi connectivity index (χ2n) is 6.71. The Morgan fingerprint density at radius 1 is 1.25 bits per heavy atom. The number of aromatic nitrogens is 2. The SMILES string of the molecule is O=C(Nc1cc(-c2ccncc2)c[nH]1)C1CN(Cc2ccccc2F)CCS1. The topological polar surface area (TPSA) is 61.0 Å². The highest BCUT2D eigenvalue weighted by molar-refractivity contribution is 8.00. The summed E-state index contributed by atoms with van der Waals surface area (Å²) in [6, 6.07) is 12.6. The van der Waals surface area contributed by atoms with Crippen molar-refractivity contribution in [2.24, 2.45) is 0 Å². The molecule has 28 heavy (non-hydrogen) atoms. The number of halogens is 1. The molecule has 0 bridgehead atoms. The van der Waals surface area contributed by atoms with Gasteiger partial charge in [0.1, 0.15) is 11.6 Å². The number of rotatable bonds is 5. The molecule has 0 radical (unpaired) electrons. The fourth-order valence-electron chi connectivity index (χ4n) is 3.26. The van der Waals surface area contributed by atoms with E-state index in [-0.39, 0.29) is 17.0 Å². The standard InChI is InChI=1S/C21H21FN4OS/c22-18-4-2-1-3-16(18)13-26-9-10-28-19(14-26)21(27)25-20-11-17(12-24-20)15-5-7-23-8-6-15/h1-8,11-12,19,24H,9-10,13-14H2,(H,25,27). The number of nitrogens with one attached hydrogen (secondary N) is 2. The van der Waals surface area contributed by atoms with Crippen LogP contribution in [-0.4, -0.2) is 44.9 Å². The number of thioether (sulfide) groups is 1. The first-order valence-electron chi connectivity index (χ1n) is 9.16. The smallest absolute Gasteiger partial charge is 0.239 e. The number of carbonyl (C=O) groups is 1. The number of aromatic amines is 1. The lowest BCUT2D eigenvalue weighted by atomic mass is 10.1. The van der Waals surface area contributed by atoms with Crippen molar-refractivity contribution in [3.05, 3.63) is 72.4 Å². The number of H-pyrrole nitrogens is 1. The van der Waals surface area contributed by atoms with Gasteiger partial charge < -0.3 is 10.3 Å². The van der Waals surface area contributed by atoms with Crippen molar-refractivity contribution < 1.29 is 9.18 Å². The van der Waals surface area contributed by atoms with Crippen LogP contribution in [0.25, 0.3) is 11.1 Å². The van der Waals surface area contributed by atoms with Crippen molar-refractivity contribution in [2.45, 2.75) is 11.8 Å². The maximum Gasteiger partial charge on any atom is 0.239 e. The molecule has 144 valence electrons. The molecule has 5 nitrogen and oxygen atoms in total. The number of nitrogens with zero attached hydrogens (tertiary/aromatic N) is 2. The van der Waals surface area contributed by atoms with Gasteiger partial charge in [0, 0.05) is 55.1 Å². The Bertz CT molecular complexity index is 946. The zero-order valence-electron chi connectivity index (χ0n) is 15.3. The summed E-state index contributed by atoms with van der Waals surface area (Å²) in [6.45, 7) is 1.96.